The molecule has 38 heavy (non-hydrogen) atoms. The number of hydrogen-bond acceptors (Lipinski definition) is 3. The van der Waals surface area contributed by atoms with Crippen LogP contribution in [-0.4, -0.2) is 12.6 Å². The number of rotatable bonds is 16. The highest BCUT2D eigenvalue weighted by molar-refractivity contribution is 5.91. The van der Waals surface area contributed by atoms with Crippen molar-refractivity contribution in [3.8, 4) is 11.5 Å². The molecule has 0 heterocycles. The third-order valence-corrected chi connectivity index (χ3v) is 8.13. The van der Waals surface area contributed by atoms with Gasteiger partial charge in [-0.15, -0.1) is 0 Å². The van der Waals surface area contributed by atoms with E-state index in [1.54, 1.807) is 12.1 Å². The fraction of sp³-hybridized carbons (Fsp3) is 0.571. The molecule has 0 spiro atoms. The second kappa shape index (κ2) is 17.1. The Morgan fingerprint density at radius 3 is 2.32 bits per heavy atom. The Hall–Kier alpha value is -2.55. The Labute approximate surface area is 232 Å². The number of allylic oxidation sites excluding steroid dienone is 2. The first-order chi connectivity index (χ1) is 18.6. The molecule has 1 atom stereocenters. The van der Waals surface area contributed by atoms with Crippen LogP contribution in [-0.2, 0) is 6.42 Å². The van der Waals surface area contributed by atoms with Crippen molar-refractivity contribution in [3.63, 3.8) is 0 Å². The van der Waals surface area contributed by atoms with Crippen LogP contribution in [0.2, 0.25) is 0 Å². The maximum absolute atomic E-state index is 12.6. The van der Waals surface area contributed by atoms with Gasteiger partial charge in [0.25, 0.3) is 0 Å². The van der Waals surface area contributed by atoms with Gasteiger partial charge in [-0.3, -0.25) is 0 Å². The summed E-state index contributed by atoms with van der Waals surface area (Å²) in [6, 6.07) is 15.3. The second-order valence-electron chi connectivity index (χ2n) is 11.3. The van der Waals surface area contributed by atoms with E-state index >= 15 is 0 Å². The van der Waals surface area contributed by atoms with E-state index in [2.05, 4.69) is 45.1 Å². The van der Waals surface area contributed by atoms with Gasteiger partial charge in [-0.05, 0) is 111 Å². The summed E-state index contributed by atoms with van der Waals surface area (Å²) in [4.78, 5) is 12.6. The van der Waals surface area contributed by atoms with E-state index in [1.807, 2.05) is 24.3 Å². The lowest BCUT2D eigenvalue weighted by Gasteiger charge is -2.26. The second-order valence-corrected chi connectivity index (χ2v) is 11.3. The van der Waals surface area contributed by atoms with Crippen molar-refractivity contribution in [2.75, 3.05) is 6.61 Å². The van der Waals surface area contributed by atoms with E-state index in [0.29, 0.717) is 17.9 Å². The molecule has 0 amide bonds. The Bertz CT molecular complexity index is 936. The number of hydrogen-bond donors (Lipinski definition) is 0. The van der Waals surface area contributed by atoms with Gasteiger partial charge >= 0.3 is 5.97 Å². The number of esters is 1. The van der Waals surface area contributed by atoms with Crippen LogP contribution in [0.25, 0.3) is 0 Å². The minimum atomic E-state index is -0.334. The molecule has 0 bridgehead atoms. The highest BCUT2D eigenvalue weighted by Crippen LogP contribution is 2.32. The average Bonchev–Trinajstić information content (AvgIpc) is 2.95. The van der Waals surface area contributed by atoms with Crippen molar-refractivity contribution in [2.24, 2.45) is 17.8 Å². The molecule has 2 aromatic carbocycles. The molecule has 3 nitrogen and oxygen atoms in total. The molecular formula is C35H50O3. The first-order valence-electron chi connectivity index (χ1n) is 15.3. The third-order valence-electron chi connectivity index (χ3n) is 8.13. The highest BCUT2D eigenvalue weighted by Gasteiger charge is 2.19. The van der Waals surface area contributed by atoms with Crippen LogP contribution in [0.3, 0.4) is 0 Å². The average molecular weight is 519 g/mol. The molecule has 1 aliphatic carbocycles. The quantitative estimate of drug-likeness (QED) is 0.0959. The molecule has 0 aliphatic heterocycles. The van der Waals surface area contributed by atoms with Crippen molar-refractivity contribution >= 4 is 5.97 Å². The van der Waals surface area contributed by atoms with Crippen molar-refractivity contribution in [1.29, 1.82) is 0 Å². The first-order valence-corrected chi connectivity index (χ1v) is 15.3. The lowest BCUT2D eigenvalue weighted by Crippen LogP contribution is -2.13. The Balaban J connectivity index is 1.33. The monoisotopic (exact) mass is 518 g/mol. The predicted molar refractivity (Wildman–Crippen MR) is 159 cm³/mol. The molecule has 0 radical (unpaired) electrons. The summed E-state index contributed by atoms with van der Waals surface area (Å²) >= 11 is 0. The molecule has 2 aromatic rings. The molecule has 0 saturated heterocycles. The van der Waals surface area contributed by atoms with Crippen molar-refractivity contribution in [2.45, 2.75) is 104 Å². The van der Waals surface area contributed by atoms with Crippen molar-refractivity contribution < 1.29 is 14.3 Å². The Kier molecular flexibility index (Phi) is 13.5. The number of benzene rings is 2. The van der Waals surface area contributed by atoms with Crippen LogP contribution < -0.4 is 9.47 Å². The van der Waals surface area contributed by atoms with E-state index in [-0.39, 0.29) is 5.97 Å². The van der Waals surface area contributed by atoms with Gasteiger partial charge in [0.15, 0.2) is 0 Å². The number of unbranched alkanes of at least 4 members (excludes halogenated alkanes) is 3. The van der Waals surface area contributed by atoms with E-state index in [4.69, 9.17) is 9.47 Å². The van der Waals surface area contributed by atoms with Crippen LogP contribution in [0.1, 0.15) is 114 Å². The summed E-state index contributed by atoms with van der Waals surface area (Å²) in [7, 11) is 0. The van der Waals surface area contributed by atoms with Crippen LogP contribution in [0.4, 0.5) is 0 Å². The summed E-state index contributed by atoms with van der Waals surface area (Å²) in [5.74, 6) is 3.51. The van der Waals surface area contributed by atoms with Crippen LogP contribution >= 0.6 is 0 Å². The minimum Gasteiger partial charge on any atom is -0.494 e. The van der Waals surface area contributed by atoms with Crippen LogP contribution in [0.5, 0.6) is 11.5 Å². The van der Waals surface area contributed by atoms with Gasteiger partial charge in [0.1, 0.15) is 11.5 Å². The summed E-state index contributed by atoms with van der Waals surface area (Å²) < 4.78 is 11.5. The standard InChI is InChI=1S/C35H50O3/c1-4-6-8-12-29-13-15-30(16-14-29)17-18-31-19-23-34(24-20-31)38-35(36)32-21-25-33(26-22-32)37-27-10-7-9-11-28(3)5-2/h8,12,19-26,28-30H,4-7,9-11,13-18,27H2,1-3H3/t28-,29?,30?/m0/s1. The van der Waals surface area contributed by atoms with Crippen LogP contribution in [0, 0.1) is 17.8 Å². The van der Waals surface area contributed by atoms with Gasteiger partial charge in [0, 0.05) is 0 Å². The topological polar surface area (TPSA) is 35.5 Å². The van der Waals surface area contributed by atoms with E-state index < -0.39 is 0 Å². The van der Waals surface area contributed by atoms with E-state index in [0.717, 1.165) is 36.3 Å². The zero-order valence-electron chi connectivity index (χ0n) is 24.1. The van der Waals surface area contributed by atoms with Crippen LogP contribution in [0.15, 0.2) is 60.7 Å². The molecule has 1 fully saturated rings. The number of aryl methyl sites for hydroxylation is 1. The SMILES string of the molecule is CCCC=CC1CCC(CCc2ccc(OC(=O)c3ccc(OCCCCC[C@@H](C)CC)cc3)cc2)CC1. The zero-order valence-corrected chi connectivity index (χ0v) is 24.1. The highest BCUT2D eigenvalue weighted by atomic mass is 16.5. The molecular weight excluding hydrogens is 468 g/mol. The summed E-state index contributed by atoms with van der Waals surface area (Å²) in [5.41, 5.74) is 1.85. The predicted octanol–water partition coefficient (Wildman–Crippen LogP) is 9.99. The third kappa shape index (κ3) is 11.1. The van der Waals surface area contributed by atoms with Gasteiger partial charge in [0.05, 0.1) is 12.2 Å². The molecule has 0 unspecified atom stereocenters. The van der Waals surface area contributed by atoms with Gasteiger partial charge < -0.3 is 9.47 Å². The number of carbonyl (C=O) groups is 1. The molecule has 1 aliphatic rings. The van der Waals surface area contributed by atoms with Gasteiger partial charge in [-0.25, -0.2) is 4.79 Å². The molecule has 3 rings (SSSR count). The molecule has 0 aromatic heterocycles. The molecule has 0 N–H and O–H groups in total. The Morgan fingerprint density at radius 1 is 0.921 bits per heavy atom. The van der Waals surface area contributed by atoms with E-state index in [1.165, 1.54) is 76.2 Å². The van der Waals surface area contributed by atoms with E-state index in [9.17, 15) is 4.79 Å². The molecule has 208 valence electrons. The van der Waals surface area contributed by atoms with Gasteiger partial charge in [-0.1, -0.05) is 77.2 Å². The van der Waals surface area contributed by atoms with Gasteiger partial charge in [0.2, 0.25) is 0 Å². The summed E-state index contributed by atoms with van der Waals surface area (Å²) in [6.45, 7) is 7.53. The van der Waals surface area contributed by atoms with Crippen molar-refractivity contribution in [1.82, 2.24) is 0 Å². The maximum atomic E-state index is 12.6. The van der Waals surface area contributed by atoms with Gasteiger partial charge in [-0.2, -0.15) is 0 Å². The zero-order chi connectivity index (χ0) is 27.0. The molecule has 1 saturated carbocycles. The summed E-state index contributed by atoms with van der Waals surface area (Å²) in [6.07, 6.45) is 21.1. The largest absolute Gasteiger partial charge is 0.494 e. The maximum Gasteiger partial charge on any atom is 0.343 e. The molecule has 3 heteroatoms. The summed E-state index contributed by atoms with van der Waals surface area (Å²) in [5, 5.41) is 0. The fourth-order valence-corrected chi connectivity index (χ4v) is 5.24. The number of ether oxygens (including phenoxy) is 2. The lowest BCUT2D eigenvalue weighted by atomic mass is 9.79. The Morgan fingerprint density at radius 2 is 1.63 bits per heavy atom. The minimum absolute atomic E-state index is 0.334. The fourth-order valence-electron chi connectivity index (χ4n) is 5.24. The normalized spacial score (nSPS) is 18.4. The lowest BCUT2D eigenvalue weighted by molar-refractivity contribution is 0.0734. The number of carbonyl (C=O) groups excluding carboxylic acids is 1. The first kappa shape index (κ1) is 30.0. The van der Waals surface area contributed by atoms with Crippen molar-refractivity contribution in [3.05, 3.63) is 71.8 Å². The smallest absolute Gasteiger partial charge is 0.343 e.